The number of carbonyl (C=O) groups excluding carboxylic acids is 1. The standard InChI is InChI=1S/C24H20N4O/c25-23-22(16-8-3-1-4-9-16)27-24(28(23)17-10-5-2-6-11-17)20-15-14-18-19(26-20)12-7-13-21(18)29/h1-6,8-11,14-15H,7,12-13,25H2. The van der Waals surface area contributed by atoms with Gasteiger partial charge >= 0.3 is 0 Å². The van der Waals surface area contributed by atoms with Crippen molar-refractivity contribution in [3.63, 3.8) is 0 Å². The number of hydrogen-bond acceptors (Lipinski definition) is 4. The Labute approximate surface area is 168 Å². The highest BCUT2D eigenvalue weighted by Crippen LogP contribution is 2.34. The fourth-order valence-corrected chi connectivity index (χ4v) is 3.87. The van der Waals surface area contributed by atoms with Crippen molar-refractivity contribution in [2.75, 3.05) is 5.73 Å². The molecule has 0 radical (unpaired) electrons. The van der Waals surface area contributed by atoms with Gasteiger partial charge in [0, 0.05) is 23.2 Å². The maximum absolute atomic E-state index is 12.2. The van der Waals surface area contributed by atoms with Crippen LogP contribution in [0.25, 0.3) is 28.5 Å². The average molecular weight is 380 g/mol. The Morgan fingerprint density at radius 1 is 0.828 bits per heavy atom. The first-order chi connectivity index (χ1) is 14.2. The van der Waals surface area contributed by atoms with Gasteiger partial charge in [-0.05, 0) is 37.1 Å². The third-order valence-electron chi connectivity index (χ3n) is 5.30. The molecular weight excluding hydrogens is 360 g/mol. The maximum atomic E-state index is 12.2. The lowest BCUT2D eigenvalue weighted by Crippen LogP contribution is -2.13. The third-order valence-corrected chi connectivity index (χ3v) is 5.30. The van der Waals surface area contributed by atoms with E-state index in [1.165, 1.54) is 0 Å². The molecule has 0 atom stereocenters. The van der Waals surface area contributed by atoms with Crippen molar-refractivity contribution in [2.24, 2.45) is 0 Å². The first-order valence-corrected chi connectivity index (χ1v) is 9.75. The first kappa shape index (κ1) is 17.4. The van der Waals surface area contributed by atoms with E-state index in [-0.39, 0.29) is 5.78 Å². The number of aromatic nitrogens is 3. The number of rotatable bonds is 3. The number of para-hydroxylation sites is 1. The topological polar surface area (TPSA) is 73.8 Å². The van der Waals surface area contributed by atoms with Crippen LogP contribution >= 0.6 is 0 Å². The summed E-state index contributed by atoms with van der Waals surface area (Å²) in [7, 11) is 0. The number of aryl methyl sites for hydroxylation is 1. The summed E-state index contributed by atoms with van der Waals surface area (Å²) in [5, 5.41) is 0. The monoisotopic (exact) mass is 380 g/mol. The Bertz CT molecular complexity index is 1200. The van der Waals surface area contributed by atoms with E-state index in [0.29, 0.717) is 18.1 Å². The molecule has 1 aliphatic carbocycles. The van der Waals surface area contributed by atoms with Gasteiger partial charge in [-0.1, -0.05) is 48.5 Å². The minimum atomic E-state index is 0.168. The fraction of sp³-hybridized carbons (Fsp3) is 0.125. The van der Waals surface area contributed by atoms with Crippen molar-refractivity contribution in [1.82, 2.24) is 14.5 Å². The van der Waals surface area contributed by atoms with Gasteiger partial charge in [-0.3, -0.25) is 9.36 Å². The van der Waals surface area contributed by atoms with Crippen LogP contribution in [-0.4, -0.2) is 20.3 Å². The molecule has 0 unspecified atom stereocenters. The highest BCUT2D eigenvalue weighted by atomic mass is 16.1. The molecule has 2 heterocycles. The number of imidazole rings is 1. The summed E-state index contributed by atoms with van der Waals surface area (Å²) >= 11 is 0. The molecule has 2 aromatic carbocycles. The first-order valence-electron chi connectivity index (χ1n) is 9.75. The minimum Gasteiger partial charge on any atom is -0.383 e. The van der Waals surface area contributed by atoms with Gasteiger partial charge in [0.05, 0.1) is 5.69 Å². The van der Waals surface area contributed by atoms with Crippen molar-refractivity contribution >= 4 is 11.6 Å². The number of nitrogens with zero attached hydrogens (tertiary/aromatic N) is 3. The Morgan fingerprint density at radius 3 is 2.31 bits per heavy atom. The van der Waals surface area contributed by atoms with Gasteiger partial charge in [0.15, 0.2) is 11.6 Å². The Balaban J connectivity index is 1.73. The van der Waals surface area contributed by atoms with E-state index >= 15 is 0 Å². The number of nitrogen functional groups attached to an aromatic ring is 1. The van der Waals surface area contributed by atoms with E-state index in [9.17, 15) is 4.79 Å². The number of nitrogens with two attached hydrogens (primary N) is 1. The second-order valence-corrected chi connectivity index (χ2v) is 7.17. The number of hydrogen-bond donors (Lipinski definition) is 1. The van der Waals surface area contributed by atoms with Crippen molar-refractivity contribution < 1.29 is 4.79 Å². The van der Waals surface area contributed by atoms with E-state index in [2.05, 4.69) is 0 Å². The Morgan fingerprint density at radius 2 is 1.55 bits per heavy atom. The summed E-state index contributed by atoms with van der Waals surface area (Å²) in [6, 6.07) is 23.6. The molecule has 2 N–H and O–H groups in total. The van der Waals surface area contributed by atoms with Gasteiger partial charge in [-0.2, -0.15) is 0 Å². The number of pyridine rings is 1. The maximum Gasteiger partial charge on any atom is 0.165 e. The molecule has 29 heavy (non-hydrogen) atoms. The van der Waals surface area contributed by atoms with Gasteiger partial charge in [0.25, 0.3) is 0 Å². The molecule has 5 nitrogen and oxygen atoms in total. The summed E-state index contributed by atoms with van der Waals surface area (Å²) < 4.78 is 1.93. The van der Waals surface area contributed by atoms with Crippen LogP contribution in [0.2, 0.25) is 0 Å². The SMILES string of the molecule is Nc1c(-c2ccccc2)nc(-c2ccc3c(n2)CCCC3=O)n1-c1ccccc1. The van der Waals surface area contributed by atoms with E-state index in [1.807, 2.05) is 77.4 Å². The van der Waals surface area contributed by atoms with Crippen LogP contribution in [0.5, 0.6) is 0 Å². The van der Waals surface area contributed by atoms with Crippen molar-refractivity contribution in [1.29, 1.82) is 0 Å². The second-order valence-electron chi connectivity index (χ2n) is 7.17. The zero-order chi connectivity index (χ0) is 19.8. The van der Waals surface area contributed by atoms with Crippen molar-refractivity contribution in [3.8, 4) is 28.5 Å². The number of fused-ring (bicyclic) bond motifs is 1. The lowest BCUT2D eigenvalue weighted by Gasteiger charge is -2.15. The molecule has 0 fully saturated rings. The lowest BCUT2D eigenvalue weighted by atomic mass is 9.94. The quantitative estimate of drug-likeness (QED) is 0.559. The molecule has 0 spiro atoms. The highest BCUT2D eigenvalue weighted by molar-refractivity contribution is 5.98. The van der Waals surface area contributed by atoms with Crippen LogP contribution in [0.4, 0.5) is 5.82 Å². The Hall–Kier alpha value is -3.73. The zero-order valence-corrected chi connectivity index (χ0v) is 15.9. The predicted octanol–water partition coefficient (Wildman–Crippen LogP) is 4.70. The van der Waals surface area contributed by atoms with Crippen LogP contribution in [0.1, 0.15) is 28.9 Å². The number of carbonyl (C=O) groups is 1. The summed E-state index contributed by atoms with van der Waals surface area (Å²) in [6.07, 6.45) is 2.24. The molecule has 5 rings (SSSR count). The normalized spacial score (nSPS) is 13.3. The molecule has 142 valence electrons. The van der Waals surface area contributed by atoms with Crippen LogP contribution in [0.3, 0.4) is 0 Å². The molecule has 1 aliphatic rings. The number of Topliss-reactive ketones (excluding diaryl/α,β-unsaturated/α-hetero) is 1. The van der Waals surface area contributed by atoms with Crippen LogP contribution < -0.4 is 5.73 Å². The molecule has 2 aromatic heterocycles. The van der Waals surface area contributed by atoms with Crippen LogP contribution in [0, 0.1) is 0 Å². The molecular formula is C24H20N4O. The van der Waals surface area contributed by atoms with Gasteiger partial charge < -0.3 is 5.73 Å². The van der Waals surface area contributed by atoms with E-state index in [0.717, 1.165) is 46.7 Å². The molecule has 0 aliphatic heterocycles. The molecule has 0 bridgehead atoms. The summed E-state index contributed by atoms with van der Waals surface area (Å²) in [5.74, 6) is 1.41. The highest BCUT2D eigenvalue weighted by Gasteiger charge is 2.23. The number of anilines is 1. The average Bonchev–Trinajstić information content (AvgIpc) is 3.12. The summed E-state index contributed by atoms with van der Waals surface area (Å²) in [6.45, 7) is 0. The van der Waals surface area contributed by atoms with Crippen LogP contribution in [-0.2, 0) is 6.42 Å². The minimum absolute atomic E-state index is 0.168. The second kappa shape index (κ2) is 7.02. The summed E-state index contributed by atoms with van der Waals surface area (Å²) in [4.78, 5) is 21.9. The van der Waals surface area contributed by atoms with E-state index in [1.54, 1.807) is 0 Å². The van der Waals surface area contributed by atoms with Crippen molar-refractivity contribution in [3.05, 3.63) is 84.1 Å². The molecule has 0 amide bonds. The predicted molar refractivity (Wildman–Crippen MR) is 114 cm³/mol. The third kappa shape index (κ3) is 3.01. The van der Waals surface area contributed by atoms with Gasteiger partial charge in [-0.25, -0.2) is 9.97 Å². The van der Waals surface area contributed by atoms with Gasteiger partial charge in [0.1, 0.15) is 17.2 Å². The zero-order valence-electron chi connectivity index (χ0n) is 15.9. The van der Waals surface area contributed by atoms with E-state index < -0.39 is 0 Å². The molecule has 0 saturated carbocycles. The molecule has 0 saturated heterocycles. The van der Waals surface area contributed by atoms with Crippen LogP contribution in [0.15, 0.2) is 72.8 Å². The largest absolute Gasteiger partial charge is 0.383 e. The van der Waals surface area contributed by atoms with Gasteiger partial charge in [0.2, 0.25) is 0 Å². The van der Waals surface area contributed by atoms with Gasteiger partial charge in [-0.15, -0.1) is 0 Å². The smallest absolute Gasteiger partial charge is 0.165 e. The summed E-state index contributed by atoms with van der Waals surface area (Å²) in [5.41, 5.74) is 11.5. The molecule has 5 heteroatoms. The van der Waals surface area contributed by atoms with Crippen molar-refractivity contribution in [2.45, 2.75) is 19.3 Å². The fourth-order valence-electron chi connectivity index (χ4n) is 3.87. The lowest BCUT2D eigenvalue weighted by molar-refractivity contribution is 0.0971. The number of ketones is 1. The van der Waals surface area contributed by atoms with E-state index in [4.69, 9.17) is 15.7 Å². The Kier molecular flexibility index (Phi) is 4.21. The number of benzene rings is 2. The molecule has 4 aromatic rings.